The number of carbonyl (C=O) groups excluding carboxylic acids is 4. The Balaban J connectivity index is 2.97. The van der Waals surface area contributed by atoms with E-state index in [0.29, 0.717) is 43.4 Å². The van der Waals surface area contributed by atoms with Gasteiger partial charge in [-0.15, -0.1) is 0 Å². The summed E-state index contributed by atoms with van der Waals surface area (Å²) in [4.78, 5) is 49.1. The topological polar surface area (TPSA) is 191 Å². The lowest BCUT2D eigenvalue weighted by Crippen LogP contribution is -2.61. The zero-order valence-corrected chi connectivity index (χ0v) is 19.0. The molecule has 0 aliphatic heterocycles. The van der Waals surface area contributed by atoms with Gasteiger partial charge in [0.1, 0.15) is 24.1 Å². The number of aldehydes is 1. The summed E-state index contributed by atoms with van der Waals surface area (Å²) < 4.78 is 0. The minimum atomic E-state index is -1.93. The molecule has 1 aromatic carbocycles. The lowest BCUT2D eigenvalue weighted by molar-refractivity contribution is -0.135. The van der Waals surface area contributed by atoms with E-state index in [0.717, 1.165) is 0 Å². The molecule has 0 aliphatic rings. The van der Waals surface area contributed by atoms with Gasteiger partial charge < -0.3 is 37.7 Å². The van der Waals surface area contributed by atoms with Gasteiger partial charge in [-0.2, -0.15) is 11.8 Å². The molecule has 11 heteroatoms. The molecule has 0 aliphatic carbocycles. The van der Waals surface area contributed by atoms with Gasteiger partial charge in [-0.25, -0.2) is 0 Å². The number of rotatable bonds is 15. The first-order valence-corrected chi connectivity index (χ1v) is 11.7. The Morgan fingerprint density at radius 2 is 1.78 bits per heavy atom. The molecule has 0 saturated carbocycles. The molecule has 9 N–H and O–H groups in total. The van der Waals surface area contributed by atoms with E-state index in [2.05, 4.69) is 10.6 Å². The van der Waals surface area contributed by atoms with Crippen molar-refractivity contribution in [2.75, 3.05) is 18.6 Å². The Labute approximate surface area is 192 Å². The Kier molecular flexibility index (Phi) is 11.7. The summed E-state index contributed by atoms with van der Waals surface area (Å²) >= 11 is 1.50. The third-order valence-electron chi connectivity index (χ3n) is 4.91. The van der Waals surface area contributed by atoms with Crippen LogP contribution in [-0.4, -0.2) is 65.3 Å². The second kappa shape index (κ2) is 13.7. The lowest BCUT2D eigenvalue weighted by atomic mass is 9.91. The van der Waals surface area contributed by atoms with Crippen LogP contribution in [0.1, 0.15) is 31.2 Å². The molecule has 0 spiro atoms. The highest BCUT2D eigenvalue weighted by Gasteiger charge is 2.37. The highest BCUT2D eigenvalue weighted by atomic mass is 32.2. The number of thioether (sulfide) groups is 1. The van der Waals surface area contributed by atoms with E-state index in [1.165, 1.54) is 23.9 Å². The van der Waals surface area contributed by atoms with Crippen LogP contribution in [0.2, 0.25) is 0 Å². The van der Waals surface area contributed by atoms with Crippen molar-refractivity contribution in [2.45, 2.75) is 49.7 Å². The number of unbranched alkanes of at least 4 members (excludes halogenated alkanes) is 1. The van der Waals surface area contributed by atoms with Crippen molar-refractivity contribution in [1.82, 2.24) is 10.6 Å². The Morgan fingerprint density at radius 1 is 1.12 bits per heavy atom. The normalized spacial score (nSPS) is 14.6. The molecule has 1 rings (SSSR count). The molecule has 1 aromatic rings. The van der Waals surface area contributed by atoms with Gasteiger partial charge in [0, 0.05) is 6.42 Å². The molecule has 0 saturated heterocycles. The second-order valence-corrected chi connectivity index (χ2v) is 8.54. The van der Waals surface area contributed by atoms with Gasteiger partial charge in [0.25, 0.3) is 0 Å². The number of primary amides is 1. The number of nitrogens with one attached hydrogen (secondary N) is 2. The fraction of sp³-hybridized carbons (Fsp3) is 0.524. The van der Waals surface area contributed by atoms with Gasteiger partial charge in [0.15, 0.2) is 5.54 Å². The maximum Gasteiger partial charge on any atom is 0.248 e. The predicted molar refractivity (Wildman–Crippen MR) is 124 cm³/mol. The highest BCUT2D eigenvalue weighted by Crippen LogP contribution is 2.15. The first kappa shape index (κ1) is 27.4. The average molecular weight is 468 g/mol. The third-order valence-corrected chi connectivity index (χ3v) is 5.55. The van der Waals surface area contributed by atoms with Crippen molar-refractivity contribution in [3.05, 3.63) is 29.8 Å². The molecule has 0 bridgehead atoms. The van der Waals surface area contributed by atoms with Crippen molar-refractivity contribution in [3.8, 4) is 5.75 Å². The molecule has 32 heavy (non-hydrogen) atoms. The minimum absolute atomic E-state index is 0.0362. The van der Waals surface area contributed by atoms with E-state index < -0.39 is 35.3 Å². The number of hydrogen-bond donors (Lipinski definition) is 6. The van der Waals surface area contributed by atoms with Gasteiger partial charge in [-0.1, -0.05) is 12.1 Å². The zero-order chi connectivity index (χ0) is 24.1. The van der Waals surface area contributed by atoms with Crippen LogP contribution >= 0.6 is 11.8 Å². The van der Waals surface area contributed by atoms with Crippen LogP contribution in [0.15, 0.2) is 24.3 Å². The lowest BCUT2D eigenvalue weighted by Gasteiger charge is -2.27. The quantitative estimate of drug-likeness (QED) is 0.109. The van der Waals surface area contributed by atoms with Crippen molar-refractivity contribution in [2.24, 2.45) is 17.2 Å². The fourth-order valence-electron chi connectivity index (χ4n) is 2.97. The van der Waals surface area contributed by atoms with Crippen LogP contribution in [0.5, 0.6) is 5.75 Å². The SMILES string of the molecule is CSCC[C@H](NC(=O)[C@H](CCCCN)NC(=O)[C@](N)(C=O)Cc1ccc(O)cc1)C(N)=O. The number of benzene rings is 1. The molecule has 178 valence electrons. The standard InChI is InChI=1S/C21H33N5O5S/c1-32-11-9-16(18(23)29)25-19(30)17(4-2-3-10-22)26-20(31)21(24,13-27)12-14-5-7-15(28)8-6-14/h5-8,13,16-17,28H,2-4,9-12,22,24H2,1H3,(H2,23,29)(H,25,30)(H,26,31)/t16-,17-,21+/m0/s1. The monoisotopic (exact) mass is 467 g/mol. The average Bonchev–Trinajstić information content (AvgIpc) is 2.76. The van der Waals surface area contributed by atoms with Crippen LogP contribution in [0.3, 0.4) is 0 Å². The summed E-state index contributed by atoms with van der Waals surface area (Å²) in [5.74, 6) is -1.44. The molecular weight excluding hydrogens is 434 g/mol. The first-order chi connectivity index (χ1) is 15.2. The van der Waals surface area contributed by atoms with Gasteiger partial charge >= 0.3 is 0 Å². The summed E-state index contributed by atoms with van der Waals surface area (Å²) in [6.07, 6.45) is 3.83. The molecular formula is C21H33N5O5S. The van der Waals surface area contributed by atoms with Gasteiger partial charge in [0.05, 0.1) is 0 Å². The predicted octanol–water partition coefficient (Wildman–Crippen LogP) is -0.832. The molecule has 0 heterocycles. The second-order valence-electron chi connectivity index (χ2n) is 7.56. The third kappa shape index (κ3) is 8.85. The van der Waals surface area contributed by atoms with Crippen molar-refractivity contribution >= 4 is 35.8 Å². The molecule has 0 radical (unpaired) electrons. The molecule has 0 fully saturated rings. The maximum atomic E-state index is 12.9. The van der Waals surface area contributed by atoms with Crippen LogP contribution in [-0.2, 0) is 25.6 Å². The van der Waals surface area contributed by atoms with Crippen molar-refractivity contribution in [3.63, 3.8) is 0 Å². The summed E-state index contributed by atoms with van der Waals surface area (Å²) in [5.41, 5.74) is 15.6. The van der Waals surface area contributed by atoms with Crippen LogP contribution < -0.4 is 27.8 Å². The van der Waals surface area contributed by atoms with E-state index in [-0.39, 0.29) is 18.6 Å². The highest BCUT2D eigenvalue weighted by molar-refractivity contribution is 7.98. The van der Waals surface area contributed by atoms with Crippen molar-refractivity contribution < 1.29 is 24.3 Å². The smallest absolute Gasteiger partial charge is 0.248 e. The summed E-state index contributed by atoms with van der Waals surface area (Å²) in [7, 11) is 0. The molecule has 0 unspecified atom stereocenters. The Bertz CT molecular complexity index is 776. The van der Waals surface area contributed by atoms with E-state index in [1.807, 2.05) is 6.26 Å². The summed E-state index contributed by atoms with van der Waals surface area (Å²) in [6.45, 7) is 0.413. The zero-order valence-electron chi connectivity index (χ0n) is 18.2. The number of carbonyl (C=O) groups is 4. The van der Waals surface area contributed by atoms with Crippen LogP contribution in [0, 0.1) is 0 Å². The number of aromatic hydroxyl groups is 1. The number of nitrogens with two attached hydrogens (primary N) is 3. The molecule has 3 atom stereocenters. The molecule has 3 amide bonds. The number of phenols is 1. The largest absolute Gasteiger partial charge is 0.508 e. The molecule has 10 nitrogen and oxygen atoms in total. The Hall–Kier alpha value is -2.63. The van der Waals surface area contributed by atoms with E-state index in [1.54, 1.807) is 12.1 Å². The minimum Gasteiger partial charge on any atom is -0.508 e. The summed E-state index contributed by atoms with van der Waals surface area (Å²) in [5, 5.41) is 14.5. The van der Waals surface area contributed by atoms with E-state index >= 15 is 0 Å². The van der Waals surface area contributed by atoms with E-state index in [4.69, 9.17) is 17.2 Å². The molecule has 0 aromatic heterocycles. The van der Waals surface area contributed by atoms with Gasteiger partial charge in [-0.05, 0) is 61.9 Å². The summed E-state index contributed by atoms with van der Waals surface area (Å²) in [6, 6.07) is 4.02. The van der Waals surface area contributed by atoms with Gasteiger partial charge in [0.2, 0.25) is 17.7 Å². The van der Waals surface area contributed by atoms with Gasteiger partial charge in [-0.3, -0.25) is 14.4 Å². The Morgan fingerprint density at radius 3 is 2.31 bits per heavy atom. The van der Waals surface area contributed by atoms with E-state index in [9.17, 15) is 24.3 Å². The number of hydrogen-bond acceptors (Lipinski definition) is 8. The van der Waals surface area contributed by atoms with Crippen LogP contribution in [0.25, 0.3) is 0 Å². The van der Waals surface area contributed by atoms with Crippen LogP contribution in [0.4, 0.5) is 0 Å². The number of phenolic OH excluding ortho intramolecular Hbond substituents is 1. The fourth-order valence-corrected chi connectivity index (χ4v) is 3.45. The maximum absolute atomic E-state index is 12.9. The van der Waals surface area contributed by atoms with Crippen molar-refractivity contribution in [1.29, 1.82) is 0 Å². The number of amides is 3. The first-order valence-electron chi connectivity index (χ1n) is 10.3.